The molecule has 0 heterocycles. The van der Waals surface area contributed by atoms with Crippen LogP contribution in [0.5, 0.6) is 5.75 Å². The van der Waals surface area contributed by atoms with E-state index < -0.39 is 0 Å². The van der Waals surface area contributed by atoms with Crippen LogP contribution in [0, 0.1) is 0 Å². The van der Waals surface area contributed by atoms with Gasteiger partial charge in [-0.25, -0.2) is 0 Å². The molecule has 0 bridgehead atoms. The number of methoxy groups -OCH3 is 1. The van der Waals surface area contributed by atoms with Crippen molar-refractivity contribution in [3.05, 3.63) is 27.7 Å². The van der Waals surface area contributed by atoms with Crippen molar-refractivity contribution < 1.29 is 9.84 Å². The van der Waals surface area contributed by atoms with Crippen molar-refractivity contribution in [3.63, 3.8) is 0 Å². The van der Waals surface area contributed by atoms with E-state index in [1.807, 2.05) is 13.8 Å². The van der Waals surface area contributed by atoms with Crippen molar-refractivity contribution in [3.8, 4) is 5.75 Å². The van der Waals surface area contributed by atoms with Gasteiger partial charge in [0.15, 0.2) is 0 Å². The Morgan fingerprint density at radius 3 is 2.53 bits per heavy atom. The molecule has 17 heavy (non-hydrogen) atoms. The Morgan fingerprint density at radius 2 is 2.00 bits per heavy atom. The Bertz CT molecular complexity index is 394. The molecule has 0 fully saturated rings. The zero-order valence-electron chi connectivity index (χ0n) is 10.2. The number of benzene rings is 1. The van der Waals surface area contributed by atoms with E-state index in [4.69, 9.17) is 33.0 Å². The van der Waals surface area contributed by atoms with Gasteiger partial charge >= 0.3 is 0 Å². The first-order valence-corrected chi connectivity index (χ1v) is 6.03. The van der Waals surface area contributed by atoms with Crippen molar-refractivity contribution in [1.29, 1.82) is 0 Å². The molecule has 0 aromatic heterocycles. The van der Waals surface area contributed by atoms with Crippen LogP contribution >= 0.6 is 23.2 Å². The van der Waals surface area contributed by atoms with Crippen LogP contribution in [0.4, 0.5) is 0 Å². The number of rotatable bonds is 5. The normalized spacial score (nSPS) is 11.6. The molecule has 0 aliphatic carbocycles. The third-order valence-electron chi connectivity index (χ3n) is 2.44. The first-order chi connectivity index (χ1) is 7.89. The quantitative estimate of drug-likeness (QED) is 0.870. The SMILES string of the molecule is COc1c(Cl)cc(Cl)cc1CNC(C)(C)CO. The van der Waals surface area contributed by atoms with Gasteiger partial charge < -0.3 is 15.2 Å². The van der Waals surface area contributed by atoms with Crippen LogP contribution in [-0.4, -0.2) is 24.4 Å². The van der Waals surface area contributed by atoms with E-state index in [0.29, 0.717) is 22.3 Å². The zero-order valence-corrected chi connectivity index (χ0v) is 11.7. The molecule has 96 valence electrons. The lowest BCUT2D eigenvalue weighted by Gasteiger charge is -2.24. The summed E-state index contributed by atoms with van der Waals surface area (Å²) in [6.07, 6.45) is 0. The number of ether oxygens (including phenoxy) is 1. The highest BCUT2D eigenvalue weighted by Crippen LogP contribution is 2.32. The van der Waals surface area contributed by atoms with E-state index >= 15 is 0 Å². The maximum absolute atomic E-state index is 9.16. The van der Waals surface area contributed by atoms with Gasteiger partial charge in [-0.2, -0.15) is 0 Å². The van der Waals surface area contributed by atoms with Gasteiger partial charge in [-0.15, -0.1) is 0 Å². The van der Waals surface area contributed by atoms with E-state index in [-0.39, 0.29) is 12.1 Å². The minimum atomic E-state index is -0.361. The molecule has 1 aromatic carbocycles. The van der Waals surface area contributed by atoms with Crippen molar-refractivity contribution in [1.82, 2.24) is 5.32 Å². The predicted octanol–water partition coefficient (Wildman–Crippen LogP) is 2.86. The fraction of sp³-hybridized carbons (Fsp3) is 0.500. The molecule has 2 N–H and O–H groups in total. The minimum Gasteiger partial charge on any atom is -0.495 e. The molecular weight excluding hydrogens is 261 g/mol. The summed E-state index contributed by atoms with van der Waals surface area (Å²) in [6.45, 7) is 4.39. The first kappa shape index (κ1) is 14.6. The Kier molecular flexibility index (Phi) is 5.07. The maximum atomic E-state index is 9.16. The summed E-state index contributed by atoms with van der Waals surface area (Å²) in [7, 11) is 1.57. The summed E-state index contributed by atoms with van der Waals surface area (Å²) in [6, 6.07) is 3.44. The lowest BCUT2D eigenvalue weighted by Crippen LogP contribution is -2.42. The van der Waals surface area contributed by atoms with Crippen LogP contribution in [0.15, 0.2) is 12.1 Å². The largest absolute Gasteiger partial charge is 0.495 e. The van der Waals surface area contributed by atoms with Crippen molar-refractivity contribution in [2.75, 3.05) is 13.7 Å². The monoisotopic (exact) mass is 277 g/mol. The molecule has 3 nitrogen and oxygen atoms in total. The molecule has 0 amide bonds. The average molecular weight is 278 g/mol. The van der Waals surface area contributed by atoms with E-state index in [9.17, 15) is 0 Å². The number of halogens is 2. The van der Waals surface area contributed by atoms with Crippen LogP contribution in [0.2, 0.25) is 10.0 Å². The molecule has 0 unspecified atom stereocenters. The minimum absolute atomic E-state index is 0.0453. The molecule has 0 saturated heterocycles. The van der Waals surface area contributed by atoms with Crippen LogP contribution in [-0.2, 0) is 6.54 Å². The highest BCUT2D eigenvalue weighted by atomic mass is 35.5. The van der Waals surface area contributed by atoms with E-state index in [1.165, 1.54) is 0 Å². The Labute approximate surface area is 112 Å². The summed E-state index contributed by atoms with van der Waals surface area (Å²) in [5, 5.41) is 13.4. The molecule has 1 aromatic rings. The van der Waals surface area contributed by atoms with Crippen LogP contribution < -0.4 is 10.1 Å². The van der Waals surface area contributed by atoms with Crippen LogP contribution in [0.1, 0.15) is 19.4 Å². The fourth-order valence-electron chi connectivity index (χ4n) is 1.36. The van der Waals surface area contributed by atoms with Crippen molar-refractivity contribution in [2.45, 2.75) is 25.9 Å². The molecule has 0 radical (unpaired) electrons. The lowest BCUT2D eigenvalue weighted by atomic mass is 10.1. The highest BCUT2D eigenvalue weighted by Gasteiger charge is 2.17. The molecule has 0 saturated carbocycles. The van der Waals surface area contributed by atoms with Crippen LogP contribution in [0.25, 0.3) is 0 Å². The standard InChI is InChI=1S/C12H17Cl2NO2/c1-12(2,7-16)15-6-8-4-9(13)5-10(14)11(8)17-3/h4-5,15-16H,6-7H2,1-3H3. The van der Waals surface area contributed by atoms with Crippen molar-refractivity contribution >= 4 is 23.2 Å². The second-order valence-electron chi connectivity index (χ2n) is 4.48. The molecule has 0 aliphatic rings. The summed E-state index contributed by atoms with van der Waals surface area (Å²) in [5.41, 5.74) is 0.506. The smallest absolute Gasteiger partial charge is 0.142 e. The van der Waals surface area contributed by atoms with Crippen LogP contribution in [0.3, 0.4) is 0 Å². The summed E-state index contributed by atoms with van der Waals surface area (Å²) in [4.78, 5) is 0. The molecular formula is C12H17Cl2NO2. The summed E-state index contributed by atoms with van der Waals surface area (Å²) < 4.78 is 5.24. The number of hydrogen-bond acceptors (Lipinski definition) is 3. The second-order valence-corrected chi connectivity index (χ2v) is 5.32. The number of nitrogens with one attached hydrogen (secondary N) is 1. The number of aliphatic hydroxyl groups excluding tert-OH is 1. The number of aliphatic hydroxyl groups is 1. The summed E-state index contributed by atoms with van der Waals surface area (Å²) >= 11 is 12.0. The molecule has 0 aliphatic heterocycles. The van der Waals surface area contributed by atoms with Gasteiger partial charge in [0.2, 0.25) is 0 Å². The molecule has 0 spiro atoms. The van der Waals surface area contributed by atoms with Gasteiger partial charge in [-0.3, -0.25) is 0 Å². The van der Waals surface area contributed by atoms with E-state index in [1.54, 1.807) is 19.2 Å². The van der Waals surface area contributed by atoms with E-state index in [2.05, 4.69) is 5.32 Å². The van der Waals surface area contributed by atoms with Gasteiger partial charge in [0, 0.05) is 22.7 Å². The lowest BCUT2D eigenvalue weighted by molar-refractivity contribution is 0.187. The number of hydrogen-bond donors (Lipinski definition) is 2. The van der Waals surface area contributed by atoms with E-state index in [0.717, 1.165) is 5.56 Å². The zero-order chi connectivity index (χ0) is 13.1. The Balaban J connectivity index is 2.90. The van der Waals surface area contributed by atoms with Crippen molar-refractivity contribution in [2.24, 2.45) is 0 Å². The fourth-order valence-corrected chi connectivity index (χ4v) is 1.98. The summed E-state index contributed by atoms with van der Waals surface area (Å²) in [5.74, 6) is 0.609. The highest BCUT2D eigenvalue weighted by molar-refractivity contribution is 6.35. The first-order valence-electron chi connectivity index (χ1n) is 5.27. The van der Waals surface area contributed by atoms with Gasteiger partial charge in [0.05, 0.1) is 18.7 Å². The molecule has 1 rings (SSSR count). The topological polar surface area (TPSA) is 41.5 Å². The van der Waals surface area contributed by atoms with Gasteiger partial charge in [-0.05, 0) is 26.0 Å². The average Bonchev–Trinajstić information content (AvgIpc) is 2.26. The van der Waals surface area contributed by atoms with Gasteiger partial charge in [-0.1, -0.05) is 23.2 Å². The Morgan fingerprint density at radius 1 is 1.35 bits per heavy atom. The Hall–Kier alpha value is -0.480. The molecule has 0 atom stereocenters. The third-order valence-corrected chi connectivity index (χ3v) is 2.94. The maximum Gasteiger partial charge on any atom is 0.142 e. The predicted molar refractivity (Wildman–Crippen MR) is 71.0 cm³/mol. The molecule has 5 heteroatoms. The van der Waals surface area contributed by atoms with Gasteiger partial charge in [0.25, 0.3) is 0 Å². The van der Waals surface area contributed by atoms with Gasteiger partial charge in [0.1, 0.15) is 5.75 Å². The third kappa shape index (κ3) is 4.03. The second kappa shape index (κ2) is 5.91.